The van der Waals surface area contributed by atoms with E-state index in [1.54, 1.807) is 0 Å². The van der Waals surface area contributed by atoms with Crippen LogP contribution in [0.15, 0.2) is 59.0 Å². The van der Waals surface area contributed by atoms with Gasteiger partial charge in [-0.05, 0) is 60.9 Å². The summed E-state index contributed by atoms with van der Waals surface area (Å²) in [4.78, 5) is 24.9. The summed E-state index contributed by atoms with van der Waals surface area (Å²) in [7, 11) is 0. The number of allylic oxidation sites excluding steroid dienone is 3. The molecule has 0 saturated heterocycles. The van der Waals surface area contributed by atoms with E-state index in [1.807, 2.05) is 19.1 Å². The van der Waals surface area contributed by atoms with Crippen LogP contribution in [0.1, 0.15) is 70.8 Å². The average Bonchev–Trinajstić information content (AvgIpc) is 3.04. The molecule has 1 aromatic rings. The first-order valence-electron chi connectivity index (χ1n) is 10.3. The van der Waals surface area contributed by atoms with Crippen LogP contribution in [0.2, 0.25) is 0 Å². The fourth-order valence-corrected chi connectivity index (χ4v) is 4.16. The van der Waals surface area contributed by atoms with Gasteiger partial charge in [-0.15, -0.1) is 0 Å². The molecule has 1 unspecified atom stereocenters. The molecule has 0 saturated carbocycles. The van der Waals surface area contributed by atoms with Crippen LogP contribution in [-0.2, 0) is 9.59 Å². The Kier molecular flexibility index (Phi) is 6.18. The maximum Gasteiger partial charge on any atom is 0.258 e. The van der Waals surface area contributed by atoms with Crippen molar-refractivity contribution < 1.29 is 9.59 Å². The SMILES string of the molecule is C=C1NC2=C(CCC2=O)C(C)=C1C(=O)Nc1ccc(C(CC)CCCC)cc1. The molecule has 0 spiro atoms. The highest BCUT2D eigenvalue weighted by Crippen LogP contribution is 2.35. The monoisotopic (exact) mass is 378 g/mol. The molecule has 1 atom stereocenters. The van der Waals surface area contributed by atoms with Gasteiger partial charge in [0.05, 0.1) is 11.3 Å². The summed E-state index contributed by atoms with van der Waals surface area (Å²) in [6, 6.07) is 8.18. The molecule has 2 aliphatic rings. The molecule has 0 aromatic heterocycles. The molecule has 1 aliphatic heterocycles. The van der Waals surface area contributed by atoms with Crippen molar-refractivity contribution in [1.82, 2.24) is 5.32 Å². The molecule has 4 nitrogen and oxygen atoms in total. The maximum atomic E-state index is 12.9. The Hall–Kier alpha value is -2.62. The van der Waals surface area contributed by atoms with Crippen LogP contribution >= 0.6 is 0 Å². The Bertz CT molecular complexity index is 859. The smallest absolute Gasteiger partial charge is 0.258 e. The summed E-state index contributed by atoms with van der Waals surface area (Å²) in [5.74, 6) is 0.480. The lowest BCUT2D eigenvalue weighted by Crippen LogP contribution is -2.29. The van der Waals surface area contributed by atoms with Crippen LogP contribution in [0.25, 0.3) is 0 Å². The number of carbonyl (C=O) groups excluding carboxylic acids is 2. The lowest BCUT2D eigenvalue weighted by Gasteiger charge is -2.23. The van der Waals surface area contributed by atoms with Crippen molar-refractivity contribution in [1.29, 1.82) is 0 Å². The van der Waals surface area contributed by atoms with Crippen molar-refractivity contribution >= 4 is 17.4 Å². The van der Waals surface area contributed by atoms with E-state index in [9.17, 15) is 9.59 Å². The van der Waals surface area contributed by atoms with Gasteiger partial charge in [-0.25, -0.2) is 0 Å². The molecular formula is C24H30N2O2. The second kappa shape index (κ2) is 8.59. The van der Waals surface area contributed by atoms with Crippen molar-refractivity contribution in [2.45, 2.75) is 65.2 Å². The van der Waals surface area contributed by atoms with Crippen molar-refractivity contribution in [2.75, 3.05) is 5.32 Å². The largest absolute Gasteiger partial charge is 0.352 e. The number of hydrogen-bond acceptors (Lipinski definition) is 3. The fraction of sp³-hybridized carbons (Fsp3) is 0.417. The number of benzene rings is 1. The van der Waals surface area contributed by atoms with E-state index in [0.29, 0.717) is 35.7 Å². The van der Waals surface area contributed by atoms with E-state index in [1.165, 1.54) is 24.8 Å². The van der Waals surface area contributed by atoms with Crippen LogP contribution in [-0.4, -0.2) is 11.7 Å². The summed E-state index contributed by atoms with van der Waals surface area (Å²) in [5.41, 5.74) is 5.53. The minimum Gasteiger partial charge on any atom is -0.352 e. The summed E-state index contributed by atoms with van der Waals surface area (Å²) in [5, 5.41) is 6.03. The number of carbonyl (C=O) groups is 2. The first kappa shape index (κ1) is 20.1. The number of hydrogen-bond donors (Lipinski definition) is 2. The first-order chi connectivity index (χ1) is 13.5. The number of rotatable bonds is 7. The zero-order valence-corrected chi connectivity index (χ0v) is 17.2. The Morgan fingerprint density at radius 3 is 2.57 bits per heavy atom. The topological polar surface area (TPSA) is 58.2 Å². The van der Waals surface area contributed by atoms with Crippen molar-refractivity contribution in [3.8, 4) is 0 Å². The second-order valence-corrected chi connectivity index (χ2v) is 7.70. The molecule has 4 heteroatoms. The highest BCUT2D eigenvalue weighted by molar-refractivity contribution is 6.10. The number of anilines is 1. The van der Waals surface area contributed by atoms with Gasteiger partial charge < -0.3 is 10.6 Å². The Labute approximate surface area is 167 Å². The molecule has 0 bridgehead atoms. The van der Waals surface area contributed by atoms with E-state index in [4.69, 9.17) is 0 Å². The van der Waals surface area contributed by atoms with Crippen molar-refractivity contribution in [2.24, 2.45) is 0 Å². The van der Waals surface area contributed by atoms with Crippen LogP contribution in [0.4, 0.5) is 5.69 Å². The van der Waals surface area contributed by atoms with Crippen molar-refractivity contribution in [3.63, 3.8) is 0 Å². The van der Waals surface area contributed by atoms with Gasteiger partial charge in [0.1, 0.15) is 0 Å². The van der Waals surface area contributed by atoms with Crippen LogP contribution in [0, 0.1) is 0 Å². The summed E-state index contributed by atoms with van der Waals surface area (Å²) in [6.45, 7) is 10.3. The van der Waals surface area contributed by atoms with Gasteiger partial charge in [0.25, 0.3) is 5.91 Å². The first-order valence-corrected chi connectivity index (χ1v) is 10.3. The molecule has 1 amide bonds. The maximum absolute atomic E-state index is 12.9. The third-order valence-electron chi connectivity index (χ3n) is 5.85. The summed E-state index contributed by atoms with van der Waals surface area (Å²) < 4.78 is 0. The van der Waals surface area contributed by atoms with Gasteiger partial charge in [-0.1, -0.05) is 45.4 Å². The Morgan fingerprint density at radius 1 is 1.21 bits per heavy atom. The van der Waals surface area contributed by atoms with Gasteiger partial charge in [0.2, 0.25) is 0 Å². The van der Waals surface area contributed by atoms with E-state index < -0.39 is 0 Å². The van der Waals surface area contributed by atoms with Crippen LogP contribution < -0.4 is 10.6 Å². The normalized spacial score (nSPS) is 17.5. The van der Waals surface area contributed by atoms with Gasteiger partial charge in [0.15, 0.2) is 5.78 Å². The summed E-state index contributed by atoms with van der Waals surface area (Å²) >= 11 is 0. The Morgan fingerprint density at radius 2 is 1.93 bits per heavy atom. The molecule has 2 N–H and O–H groups in total. The molecule has 0 fully saturated rings. The molecule has 1 aromatic carbocycles. The van der Waals surface area contributed by atoms with Gasteiger partial charge >= 0.3 is 0 Å². The molecular weight excluding hydrogens is 348 g/mol. The lowest BCUT2D eigenvalue weighted by atomic mass is 9.91. The number of dihydropyridines is 1. The van der Waals surface area contributed by atoms with Crippen LogP contribution in [0.5, 0.6) is 0 Å². The standard InChI is InChI=1S/C24H30N2O2/c1-5-7-8-17(6-2)18-9-11-19(12-10-18)26-24(28)22-15(3)20-13-14-21(27)23(20)25-16(22)4/h9-12,17,25H,4-8,13-14H2,1-3H3,(H,26,28). The van der Waals surface area contributed by atoms with Gasteiger partial charge in [-0.2, -0.15) is 0 Å². The third-order valence-corrected chi connectivity index (χ3v) is 5.85. The van der Waals surface area contributed by atoms with Crippen molar-refractivity contribution in [3.05, 3.63) is 64.5 Å². The van der Waals surface area contributed by atoms with Gasteiger partial charge in [0, 0.05) is 17.8 Å². The van der Waals surface area contributed by atoms with Gasteiger partial charge in [-0.3, -0.25) is 9.59 Å². The molecule has 0 radical (unpaired) electrons. The number of Topliss-reactive ketones (excluding diaryl/α,β-unsaturated/α-hetero) is 1. The number of ketones is 1. The molecule has 1 aliphatic carbocycles. The van der Waals surface area contributed by atoms with E-state index in [2.05, 4.69) is 43.2 Å². The third kappa shape index (κ3) is 3.96. The molecule has 3 rings (SSSR count). The average molecular weight is 379 g/mol. The second-order valence-electron chi connectivity index (χ2n) is 7.70. The highest BCUT2D eigenvalue weighted by Gasteiger charge is 2.32. The summed E-state index contributed by atoms with van der Waals surface area (Å²) in [6.07, 6.45) is 5.95. The highest BCUT2D eigenvalue weighted by atomic mass is 16.2. The molecule has 28 heavy (non-hydrogen) atoms. The lowest BCUT2D eigenvalue weighted by molar-refractivity contribution is -0.115. The van der Waals surface area contributed by atoms with E-state index in [0.717, 1.165) is 23.3 Å². The van der Waals surface area contributed by atoms with E-state index >= 15 is 0 Å². The predicted octanol–water partition coefficient (Wildman–Crippen LogP) is 5.36. The minimum absolute atomic E-state index is 0.0964. The van der Waals surface area contributed by atoms with E-state index in [-0.39, 0.29) is 11.7 Å². The molecule has 148 valence electrons. The number of nitrogens with one attached hydrogen (secondary N) is 2. The number of unbranched alkanes of at least 4 members (excludes halogenated alkanes) is 1. The zero-order valence-electron chi connectivity index (χ0n) is 17.2. The fourth-order valence-electron chi connectivity index (χ4n) is 4.16. The zero-order chi connectivity index (χ0) is 20.3. The van der Waals surface area contributed by atoms with Crippen LogP contribution in [0.3, 0.4) is 0 Å². The Balaban J connectivity index is 1.75. The molecule has 1 heterocycles. The number of amides is 1. The predicted molar refractivity (Wildman–Crippen MR) is 114 cm³/mol. The minimum atomic E-state index is -0.188. The quantitative estimate of drug-likeness (QED) is 0.671.